The zero-order valence-electron chi connectivity index (χ0n) is 9.23. The van der Waals surface area contributed by atoms with Gasteiger partial charge in [-0.3, -0.25) is 0 Å². The normalized spacial score (nSPS) is 11.0. The Morgan fingerprint density at radius 3 is 2.69 bits per heavy atom. The van der Waals surface area contributed by atoms with Crippen LogP contribution in [0.2, 0.25) is 0 Å². The number of nitrogens with one attached hydrogen (secondary N) is 1. The highest BCUT2D eigenvalue weighted by atomic mass is 32.2. The van der Waals surface area contributed by atoms with E-state index in [2.05, 4.69) is 10.6 Å². The van der Waals surface area contributed by atoms with Crippen LogP contribution in [0.5, 0.6) is 0 Å². The number of unbranched alkanes of at least 4 members (excludes halogenated alkanes) is 1. The van der Waals surface area contributed by atoms with Gasteiger partial charge in [-0.05, 0) is 18.6 Å². The fraction of sp³-hybridized carbons (Fsp3) is 0.333. The van der Waals surface area contributed by atoms with Crippen molar-refractivity contribution in [3.05, 3.63) is 29.8 Å². The molecule has 4 heteroatoms. The van der Waals surface area contributed by atoms with Crippen molar-refractivity contribution in [3.8, 4) is 12.3 Å². The van der Waals surface area contributed by atoms with Gasteiger partial charge < -0.3 is 0 Å². The van der Waals surface area contributed by atoms with Crippen LogP contribution in [0.4, 0.5) is 0 Å². The topological polar surface area (TPSA) is 46.2 Å². The number of hydrogen-bond acceptors (Lipinski definition) is 2. The van der Waals surface area contributed by atoms with Gasteiger partial charge in [0.1, 0.15) is 0 Å². The summed E-state index contributed by atoms with van der Waals surface area (Å²) in [5.74, 6) is 2.37. The van der Waals surface area contributed by atoms with Gasteiger partial charge in [-0.25, -0.2) is 13.1 Å². The third kappa shape index (κ3) is 3.09. The molecule has 0 saturated heterocycles. The molecule has 1 N–H and O–H groups in total. The molecule has 0 bridgehead atoms. The number of rotatable bonds is 5. The Hall–Kier alpha value is -1.31. The van der Waals surface area contributed by atoms with Gasteiger partial charge in [0.05, 0.1) is 4.90 Å². The van der Waals surface area contributed by atoms with E-state index in [1.54, 1.807) is 18.2 Å². The molecule has 0 aromatic heterocycles. The molecule has 16 heavy (non-hydrogen) atoms. The SMILES string of the molecule is C#Cc1ccccc1S(=O)(=O)NCCCC. The van der Waals surface area contributed by atoms with Crippen molar-refractivity contribution in [2.45, 2.75) is 24.7 Å². The zero-order chi connectivity index (χ0) is 12.0. The molecule has 0 aliphatic heterocycles. The summed E-state index contributed by atoms with van der Waals surface area (Å²) in [6.07, 6.45) is 7.02. The van der Waals surface area contributed by atoms with Gasteiger partial charge in [0, 0.05) is 12.1 Å². The molecule has 0 radical (unpaired) electrons. The first-order valence-electron chi connectivity index (χ1n) is 5.17. The first-order valence-corrected chi connectivity index (χ1v) is 6.65. The molecule has 3 nitrogen and oxygen atoms in total. The fourth-order valence-corrected chi connectivity index (χ4v) is 2.52. The maximum absolute atomic E-state index is 11.9. The van der Waals surface area contributed by atoms with E-state index in [0.29, 0.717) is 12.1 Å². The van der Waals surface area contributed by atoms with Crippen LogP contribution in [0, 0.1) is 12.3 Å². The van der Waals surface area contributed by atoms with Gasteiger partial charge >= 0.3 is 0 Å². The quantitative estimate of drug-likeness (QED) is 0.626. The van der Waals surface area contributed by atoms with E-state index in [1.165, 1.54) is 6.07 Å². The molecule has 1 aromatic carbocycles. The van der Waals surface area contributed by atoms with Gasteiger partial charge in [-0.15, -0.1) is 6.42 Å². The molecule has 1 aromatic rings. The second kappa shape index (κ2) is 5.69. The third-order valence-corrected chi connectivity index (χ3v) is 3.67. The molecule has 1 rings (SSSR count). The number of hydrogen-bond donors (Lipinski definition) is 1. The Balaban J connectivity index is 2.95. The molecule has 0 atom stereocenters. The van der Waals surface area contributed by atoms with Crippen molar-refractivity contribution < 1.29 is 8.42 Å². The van der Waals surface area contributed by atoms with Crippen LogP contribution in [0.1, 0.15) is 25.3 Å². The van der Waals surface area contributed by atoms with Crippen molar-refractivity contribution >= 4 is 10.0 Å². The summed E-state index contributed by atoms with van der Waals surface area (Å²) >= 11 is 0. The van der Waals surface area contributed by atoms with E-state index in [0.717, 1.165) is 12.8 Å². The van der Waals surface area contributed by atoms with Gasteiger partial charge in [0.25, 0.3) is 0 Å². The second-order valence-electron chi connectivity index (χ2n) is 3.39. The summed E-state index contributed by atoms with van der Waals surface area (Å²) in [6.45, 7) is 2.45. The minimum atomic E-state index is -3.47. The lowest BCUT2D eigenvalue weighted by Gasteiger charge is -2.07. The maximum atomic E-state index is 11.9. The molecular formula is C12H15NO2S. The molecule has 0 aliphatic rings. The standard InChI is InChI=1S/C12H15NO2S/c1-3-5-10-13-16(14,15)12-9-7-6-8-11(12)4-2/h2,6-9,13H,3,5,10H2,1H3. The summed E-state index contributed by atoms with van der Waals surface area (Å²) in [6, 6.07) is 6.52. The summed E-state index contributed by atoms with van der Waals surface area (Å²) in [4.78, 5) is 0.175. The van der Waals surface area contributed by atoms with Crippen molar-refractivity contribution in [1.82, 2.24) is 4.72 Å². The lowest BCUT2D eigenvalue weighted by Crippen LogP contribution is -2.25. The van der Waals surface area contributed by atoms with Crippen molar-refractivity contribution in [3.63, 3.8) is 0 Å². The highest BCUT2D eigenvalue weighted by Crippen LogP contribution is 2.13. The molecule has 86 valence electrons. The Kier molecular flexibility index (Phi) is 4.53. The van der Waals surface area contributed by atoms with Crippen molar-refractivity contribution in [2.75, 3.05) is 6.54 Å². The number of sulfonamides is 1. The second-order valence-corrected chi connectivity index (χ2v) is 5.13. The molecular weight excluding hydrogens is 222 g/mol. The average molecular weight is 237 g/mol. The molecule has 0 fully saturated rings. The summed E-state index contributed by atoms with van der Waals surface area (Å²) in [5, 5.41) is 0. The summed E-state index contributed by atoms with van der Waals surface area (Å²) < 4.78 is 26.3. The minimum absolute atomic E-state index is 0.175. The molecule has 0 spiro atoms. The van der Waals surface area contributed by atoms with Gasteiger partial charge in [-0.1, -0.05) is 31.4 Å². The molecule has 0 aliphatic carbocycles. The lowest BCUT2D eigenvalue weighted by atomic mass is 10.2. The number of benzene rings is 1. The molecule has 0 amide bonds. The zero-order valence-corrected chi connectivity index (χ0v) is 10.0. The van der Waals surface area contributed by atoms with E-state index in [1.807, 2.05) is 6.92 Å². The molecule has 0 heterocycles. The predicted molar refractivity (Wildman–Crippen MR) is 64.5 cm³/mol. The highest BCUT2D eigenvalue weighted by molar-refractivity contribution is 7.89. The van der Waals surface area contributed by atoms with Gasteiger partial charge in [0.2, 0.25) is 10.0 Å². The first-order chi connectivity index (χ1) is 7.61. The van der Waals surface area contributed by atoms with Crippen LogP contribution >= 0.6 is 0 Å². The predicted octanol–water partition coefficient (Wildman–Crippen LogP) is 1.75. The van der Waals surface area contributed by atoms with E-state index in [9.17, 15) is 8.42 Å². The van der Waals surface area contributed by atoms with E-state index >= 15 is 0 Å². The minimum Gasteiger partial charge on any atom is -0.211 e. The van der Waals surface area contributed by atoms with Crippen LogP contribution in [0.15, 0.2) is 29.2 Å². The molecule has 0 unspecified atom stereocenters. The van der Waals surface area contributed by atoms with E-state index < -0.39 is 10.0 Å². The van der Waals surface area contributed by atoms with Crippen LogP contribution in [0.3, 0.4) is 0 Å². The summed E-state index contributed by atoms with van der Waals surface area (Å²) in [5.41, 5.74) is 0.395. The monoisotopic (exact) mass is 237 g/mol. The smallest absolute Gasteiger partial charge is 0.211 e. The highest BCUT2D eigenvalue weighted by Gasteiger charge is 2.15. The van der Waals surface area contributed by atoms with Crippen LogP contribution in [-0.2, 0) is 10.0 Å². The lowest BCUT2D eigenvalue weighted by molar-refractivity contribution is 0.578. The van der Waals surface area contributed by atoms with Crippen molar-refractivity contribution in [1.29, 1.82) is 0 Å². The van der Waals surface area contributed by atoms with Crippen LogP contribution in [-0.4, -0.2) is 15.0 Å². The Labute approximate surface area is 96.9 Å². The van der Waals surface area contributed by atoms with E-state index in [-0.39, 0.29) is 4.90 Å². The van der Waals surface area contributed by atoms with Gasteiger partial charge in [-0.2, -0.15) is 0 Å². The maximum Gasteiger partial charge on any atom is 0.241 e. The number of terminal acetylenes is 1. The Morgan fingerprint density at radius 1 is 1.38 bits per heavy atom. The van der Waals surface area contributed by atoms with E-state index in [4.69, 9.17) is 6.42 Å². The van der Waals surface area contributed by atoms with Crippen molar-refractivity contribution in [2.24, 2.45) is 0 Å². The first kappa shape index (κ1) is 12.8. The fourth-order valence-electron chi connectivity index (χ4n) is 1.28. The molecule has 0 saturated carbocycles. The van der Waals surface area contributed by atoms with Gasteiger partial charge in [0.15, 0.2) is 0 Å². The average Bonchev–Trinajstić information content (AvgIpc) is 2.29. The van der Waals surface area contributed by atoms with Crippen LogP contribution < -0.4 is 4.72 Å². The third-order valence-electron chi connectivity index (χ3n) is 2.15. The largest absolute Gasteiger partial charge is 0.241 e. The Bertz CT molecular complexity index is 486. The van der Waals surface area contributed by atoms with Crippen LogP contribution in [0.25, 0.3) is 0 Å². The summed E-state index contributed by atoms with van der Waals surface area (Å²) in [7, 11) is -3.47. The Morgan fingerprint density at radius 2 is 2.06 bits per heavy atom.